The molecule has 0 bridgehead atoms. The first-order valence-corrected chi connectivity index (χ1v) is 8.47. The molecule has 0 unspecified atom stereocenters. The topological polar surface area (TPSA) is 105 Å². The van der Waals surface area contributed by atoms with Gasteiger partial charge in [0, 0.05) is 17.2 Å². The zero-order valence-corrected chi connectivity index (χ0v) is 14.8. The van der Waals surface area contributed by atoms with E-state index in [1.54, 1.807) is 25.1 Å². The fourth-order valence-corrected chi connectivity index (χ4v) is 3.07. The number of aryl methyl sites for hydroxylation is 1. The predicted molar refractivity (Wildman–Crippen MR) is 99.9 cm³/mol. The fourth-order valence-electron chi connectivity index (χ4n) is 3.07. The number of aromatic nitrogens is 2. The molecule has 0 saturated heterocycles. The van der Waals surface area contributed by atoms with E-state index in [1.807, 2.05) is 48.5 Å². The summed E-state index contributed by atoms with van der Waals surface area (Å²) in [6, 6.07) is 20.9. The normalized spacial score (nSPS) is 11.6. The summed E-state index contributed by atoms with van der Waals surface area (Å²) in [5.74, 6) is -1.05. The molecule has 0 aliphatic rings. The molecular formula is C21H18N4O2. The number of hydrogen-bond donors (Lipinski definition) is 2. The summed E-state index contributed by atoms with van der Waals surface area (Å²) >= 11 is 0. The number of hydrogen-bond acceptors (Lipinski definition) is 4. The maximum atomic E-state index is 12.2. The molecule has 0 aliphatic carbocycles. The predicted octanol–water partition coefficient (Wildman–Crippen LogP) is 3.39. The first kappa shape index (κ1) is 18.0. The number of nitriles is 2. The van der Waals surface area contributed by atoms with Crippen LogP contribution in [-0.2, 0) is 6.61 Å². The highest BCUT2D eigenvalue weighted by Gasteiger charge is 2.30. The Labute approximate surface area is 156 Å². The zero-order valence-electron chi connectivity index (χ0n) is 14.8. The lowest BCUT2D eigenvalue weighted by Crippen LogP contribution is -2.19. The van der Waals surface area contributed by atoms with Crippen LogP contribution in [0.4, 0.5) is 0 Å². The lowest BCUT2D eigenvalue weighted by Gasteiger charge is -2.18. The number of nitrogens with zero attached hydrogens (tertiary/aromatic N) is 2. The molecule has 6 heteroatoms. The second-order valence-corrected chi connectivity index (χ2v) is 6.18. The SMILES string of the molecule is Cc1[nH][nH]c(=O)c1[C@@H](c1cccc(OCc2ccccc2)c1)C(C#N)C#N. The van der Waals surface area contributed by atoms with Crippen molar-refractivity contribution in [1.82, 2.24) is 10.2 Å². The van der Waals surface area contributed by atoms with E-state index in [1.165, 1.54) is 0 Å². The van der Waals surface area contributed by atoms with Crippen molar-refractivity contribution in [3.05, 3.63) is 87.3 Å². The molecule has 6 nitrogen and oxygen atoms in total. The van der Waals surface area contributed by atoms with E-state index in [2.05, 4.69) is 10.2 Å². The number of rotatable bonds is 6. The third-order valence-corrected chi connectivity index (χ3v) is 4.40. The van der Waals surface area contributed by atoms with Crippen LogP contribution in [0.15, 0.2) is 59.4 Å². The second kappa shape index (κ2) is 8.07. The lowest BCUT2D eigenvalue weighted by atomic mass is 9.82. The van der Waals surface area contributed by atoms with E-state index < -0.39 is 11.8 Å². The number of ether oxygens (including phenoxy) is 1. The second-order valence-electron chi connectivity index (χ2n) is 6.18. The summed E-state index contributed by atoms with van der Waals surface area (Å²) in [5.41, 5.74) is 2.38. The van der Waals surface area contributed by atoms with E-state index in [0.717, 1.165) is 5.56 Å². The maximum Gasteiger partial charge on any atom is 0.268 e. The third-order valence-electron chi connectivity index (χ3n) is 4.40. The summed E-state index contributed by atoms with van der Waals surface area (Å²) < 4.78 is 5.85. The van der Waals surface area contributed by atoms with Gasteiger partial charge in [-0.25, -0.2) is 0 Å². The van der Waals surface area contributed by atoms with Crippen LogP contribution in [0.1, 0.15) is 28.3 Å². The molecule has 0 fully saturated rings. The van der Waals surface area contributed by atoms with Gasteiger partial charge in [-0.2, -0.15) is 10.5 Å². The Morgan fingerprint density at radius 1 is 1.04 bits per heavy atom. The van der Waals surface area contributed by atoms with Crippen LogP contribution in [0.2, 0.25) is 0 Å². The van der Waals surface area contributed by atoms with Crippen LogP contribution in [0.25, 0.3) is 0 Å². The van der Waals surface area contributed by atoms with Gasteiger partial charge in [-0.3, -0.25) is 9.89 Å². The highest BCUT2D eigenvalue weighted by Crippen LogP contribution is 2.33. The van der Waals surface area contributed by atoms with Crippen molar-refractivity contribution in [1.29, 1.82) is 10.5 Å². The van der Waals surface area contributed by atoms with Gasteiger partial charge in [0.1, 0.15) is 18.3 Å². The Balaban J connectivity index is 1.95. The highest BCUT2D eigenvalue weighted by molar-refractivity contribution is 5.41. The van der Waals surface area contributed by atoms with E-state index in [9.17, 15) is 15.3 Å². The molecule has 3 rings (SSSR count). The van der Waals surface area contributed by atoms with E-state index >= 15 is 0 Å². The molecule has 0 radical (unpaired) electrons. The van der Waals surface area contributed by atoms with Gasteiger partial charge in [0.05, 0.1) is 12.1 Å². The molecule has 1 atom stereocenters. The Kier molecular flexibility index (Phi) is 5.39. The molecule has 2 N–H and O–H groups in total. The highest BCUT2D eigenvalue weighted by atomic mass is 16.5. The molecule has 27 heavy (non-hydrogen) atoms. The van der Waals surface area contributed by atoms with Gasteiger partial charge in [0.25, 0.3) is 5.56 Å². The zero-order chi connectivity index (χ0) is 19.2. The van der Waals surface area contributed by atoms with Gasteiger partial charge in [0.15, 0.2) is 0 Å². The minimum atomic E-state index is -0.995. The smallest absolute Gasteiger partial charge is 0.268 e. The third kappa shape index (κ3) is 3.91. The van der Waals surface area contributed by atoms with Crippen LogP contribution in [0.3, 0.4) is 0 Å². The Morgan fingerprint density at radius 2 is 1.78 bits per heavy atom. The van der Waals surface area contributed by atoms with E-state index in [4.69, 9.17) is 4.74 Å². The van der Waals surface area contributed by atoms with Crippen LogP contribution >= 0.6 is 0 Å². The van der Waals surface area contributed by atoms with Gasteiger partial charge >= 0.3 is 0 Å². The molecule has 3 aromatic rings. The lowest BCUT2D eigenvalue weighted by molar-refractivity contribution is 0.305. The van der Waals surface area contributed by atoms with E-state index in [0.29, 0.717) is 29.2 Å². The summed E-state index contributed by atoms with van der Waals surface area (Å²) in [6.07, 6.45) is 0. The Hall–Kier alpha value is -3.77. The monoisotopic (exact) mass is 358 g/mol. The fraction of sp³-hybridized carbons (Fsp3) is 0.190. The van der Waals surface area contributed by atoms with Crippen LogP contribution in [-0.4, -0.2) is 10.2 Å². The number of aromatic amines is 2. The molecule has 1 aromatic heterocycles. The Bertz CT molecular complexity index is 1040. The van der Waals surface area contributed by atoms with Crippen molar-refractivity contribution in [2.24, 2.45) is 5.92 Å². The molecule has 0 aliphatic heterocycles. The summed E-state index contributed by atoms with van der Waals surface area (Å²) in [4.78, 5) is 12.2. The van der Waals surface area contributed by atoms with Gasteiger partial charge in [-0.15, -0.1) is 0 Å². The van der Waals surface area contributed by atoms with Crippen LogP contribution in [0, 0.1) is 35.5 Å². The summed E-state index contributed by atoms with van der Waals surface area (Å²) in [7, 11) is 0. The largest absolute Gasteiger partial charge is 0.489 e. The molecule has 0 amide bonds. The number of nitrogens with one attached hydrogen (secondary N) is 2. The van der Waals surface area contributed by atoms with Crippen molar-refractivity contribution in [3.8, 4) is 17.9 Å². The van der Waals surface area contributed by atoms with Crippen LogP contribution in [0.5, 0.6) is 5.75 Å². The van der Waals surface area contributed by atoms with Crippen molar-refractivity contribution >= 4 is 0 Å². The summed E-state index contributed by atoms with van der Waals surface area (Å²) in [6.45, 7) is 2.14. The number of H-pyrrole nitrogens is 2. The minimum Gasteiger partial charge on any atom is -0.489 e. The van der Waals surface area contributed by atoms with Gasteiger partial charge < -0.3 is 9.84 Å². The maximum absolute atomic E-state index is 12.2. The molecule has 2 aromatic carbocycles. The van der Waals surface area contributed by atoms with Crippen molar-refractivity contribution in [3.63, 3.8) is 0 Å². The molecule has 134 valence electrons. The van der Waals surface area contributed by atoms with Crippen molar-refractivity contribution in [2.45, 2.75) is 19.4 Å². The molecule has 0 saturated carbocycles. The first-order chi connectivity index (χ1) is 13.1. The van der Waals surface area contributed by atoms with Crippen LogP contribution < -0.4 is 10.3 Å². The first-order valence-electron chi connectivity index (χ1n) is 8.47. The van der Waals surface area contributed by atoms with Crippen molar-refractivity contribution < 1.29 is 4.74 Å². The average molecular weight is 358 g/mol. The van der Waals surface area contributed by atoms with Gasteiger partial charge in [-0.1, -0.05) is 42.5 Å². The van der Waals surface area contributed by atoms with Crippen molar-refractivity contribution in [2.75, 3.05) is 0 Å². The number of benzene rings is 2. The van der Waals surface area contributed by atoms with Gasteiger partial charge in [-0.05, 0) is 30.2 Å². The molecule has 0 spiro atoms. The molecule has 1 heterocycles. The quantitative estimate of drug-likeness (QED) is 0.704. The minimum absolute atomic E-state index is 0.330. The summed E-state index contributed by atoms with van der Waals surface area (Å²) in [5, 5.41) is 24.2. The standard InChI is InChI=1S/C21H18N4O2/c1-14-19(21(26)25-24-14)20(17(11-22)12-23)16-8-5-9-18(10-16)27-13-15-6-3-2-4-7-15/h2-10,17,20H,13H2,1H3,(H2,24,25,26)/t20-/m0/s1. The Morgan fingerprint density at radius 3 is 2.41 bits per heavy atom. The molecular weight excluding hydrogens is 340 g/mol. The van der Waals surface area contributed by atoms with E-state index in [-0.39, 0.29) is 5.56 Å². The average Bonchev–Trinajstić information content (AvgIpc) is 3.03. The van der Waals surface area contributed by atoms with Gasteiger partial charge in [0.2, 0.25) is 0 Å².